The Kier molecular flexibility index (Phi) is 4.00. The van der Waals surface area contributed by atoms with E-state index in [0.717, 1.165) is 5.56 Å². The maximum atomic E-state index is 4.92. The quantitative estimate of drug-likeness (QED) is 0.414. The SMILES string of the molecule is COC(C#Cc1ccccc1)ON. The van der Waals surface area contributed by atoms with E-state index in [0.29, 0.717) is 0 Å². The molecule has 13 heavy (non-hydrogen) atoms. The summed E-state index contributed by atoms with van der Waals surface area (Å²) in [5.74, 6) is 10.5. The van der Waals surface area contributed by atoms with Gasteiger partial charge in [0, 0.05) is 12.7 Å². The van der Waals surface area contributed by atoms with Gasteiger partial charge in [-0.05, 0) is 18.1 Å². The molecule has 3 heteroatoms. The minimum absolute atomic E-state index is 0.666. The lowest BCUT2D eigenvalue weighted by atomic mass is 10.2. The van der Waals surface area contributed by atoms with Crippen molar-refractivity contribution in [2.75, 3.05) is 7.11 Å². The first-order valence-corrected chi connectivity index (χ1v) is 3.81. The third-order valence-electron chi connectivity index (χ3n) is 1.45. The smallest absolute Gasteiger partial charge is 0.240 e. The van der Waals surface area contributed by atoms with Crippen LogP contribution in [-0.2, 0) is 9.57 Å². The van der Waals surface area contributed by atoms with Crippen LogP contribution in [0.25, 0.3) is 0 Å². The number of rotatable bonds is 2. The Morgan fingerprint density at radius 3 is 2.54 bits per heavy atom. The van der Waals surface area contributed by atoms with E-state index in [1.807, 2.05) is 30.3 Å². The highest BCUT2D eigenvalue weighted by Crippen LogP contribution is 1.95. The molecule has 0 spiro atoms. The van der Waals surface area contributed by atoms with E-state index in [4.69, 9.17) is 10.6 Å². The van der Waals surface area contributed by atoms with Crippen molar-refractivity contribution in [1.82, 2.24) is 0 Å². The predicted octanol–water partition coefficient (Wildman–Crippen LogP) is 0.901. The van der Waals surface area contributed by atoms with Gasteiger partial charge in [0.15, 0.2) is 0 Å². The average molecular weight is 177 g/mol. The molecular formula is C10H11NO2. The largest absolute Gasteiger partial charge is 0.344 e. The summed E-state index contributed by atoms with van der Waals surface area (Å²) in [4.78, 5) is 4.43. The van der Waals surface area contributed by atoms with Gasteiger partial charge in [0.1, 0.15) is 0 Å². The fourth-order valence-corrected chi connectivity index (χ4v) is 0.812. The number of methoxy groups -OCH3 is 1. The first kappa shape index (κ1) is 9.75. The molecule has 0 fully saturated rings. The van der Waals surface area contributed by atoms with Crippen LogP contribution in [0.3, 0.4) is 0 Å². The predicted molar refractivity (Wildman–Crippen MR) is 49.4 cm³/mol. The zero-order valence-corrected chi connectivity index (χ0v) is 7.36. The van der Waals surface area contributed by atoms with Crippen molar-refractivity contribution in [1.29, 1.82) is 0 Å². The van der Waals surface area contributed by atoms with Crippen LogP contribution in [-0.4, -0.2) is 13.4 Å². The molecule has 1 rings (SSSR count). The molecule has 0 bridgehead atoms. The van der Waals surface area contributed by atoms with Gasteiger partial charge < -0.3 is 4.74 Å². The number of benzene rings is 1. The van der Waals surface area contributed by atoms with Crippen LogP contribution in [0.2, 0.25) is 0 Å². The summed E-state index contributed by atoms with van der Waals surface area (Å²) >= 11 is 0. The van der Waals surface area contributed by atoms with Crippen molar-refractivity contribution >= 4 is 0 Å². The van der Waals surface area contributed by atoms with E-state index >= 15 is 0 Å². The van der Waals surface area contributed by atoms with Gasteiger partial charge in [-0.3, -0.25) is 4.84 Å². The molecule has 2 N–H and O–H groups in total. The van der Waals surface area contributed by atoms with E-state index in [1.54, 1.807) is 0 Å². The second kappa shape index (κ2) is 5.33. The second-order valence-corrected chi connectivity index (χ2v) is 2.34. The van der Waals surface area contributed by atoms with Crippen molar-refractivity contribution < 1.29 is 9.57 Å². The van der Waals surface area contributed by atoms with Gasteiger partial charge in [-0.15, -0.1) is 0 Å². The molecule has 0 saturated heterocycles. The number of ether oxygens (including phenoxy) is 1. The maximum absolute atomic E-state index is 4.92. The van der Waals surface area contributed by atoms with Gasteiger partial charge in [0.25, 0.3) is 0 Å². The summed E-state index contributed by atoms with van der Waals surface area (Å²) in [5, 5.41) is 0. The molecule has 0 amide bonds. The fraction of sp³-hybridized carbons (Fsp3) is 0.200. The van der Waals surface area contributed by atoms with E-state index in [1.165, 1.54) is 7.11 Å². The number of nitrogens with two attached hydrogens (primary N) is 1. The lowest BCUT2D eigenvalue weighted by Gasteiger charge is -2.02. The van der Waals surface area contributed by atoms with Crippen LogP contribution in [0.4, 0.5) is 0 Å². The van der Waals surface area contributed by atoms with E-state index < -0.39 is 6.29 Å². The minimum atomic E-state index is -0.666. The molecule has 68 valence electrons. The Labute approximate surface area is 77.4 Å². The molecule has 0 heterocycles. The van der Waals surface area contributed by atoms with E-state index in [2.05, 4.69) is 16.7 Å². The summed E-state index contributed by atoms with van der Waals surface area (Å²) in [6, 6.07) is 9.55. The van der Waals surface area contributed by atoms with E-state index in [9.17, 15) is 0 Å². The van der Waals surface area contributed by atoms with Crippen LogP contribution >= 0.6 is 0 Å². The highest BCUT2D eigenvalue weighted by atomic mass is 16.7. The number of hydrogen-bond donors (Lipinski definition) is 1. The fourth-order valence-electron chi connectivity index (χ4n) is 0.812. The average Bonchev–Trinajstić information content (AvgIpc) is 2.21. The highest BCUT2D eigenvalue weighted by Gasteiger charge is 1.97. The Balaban J connectivity index is 2.66. The van der Waals surface area contributed by atoms with Gasteiger partial charge in [0.2, 0.25) is 6.29 Å². The van der Waals surface area contributed by atoms with E-state index in [-0.39, 0.29) is 0 Å². The summed E-state index contributed by atoms with van der Waals surface area (Å²) < 4.78 is 4.80. The third kappa shape index (κ3) is 3.26. The van der Waals surface area contributed by atoms with Gasteiger partial charge >= 0.3 is 0 Å². The normalized spacial score (nSPS) is 11.5. The molecule has 1 aromatic rings. The molecule has 1 unspecified atom stereocenters. The van der Waals surface area contributed by atoms with Gasteiger partial charge in [-0.2, -0.15) is 0 Å². The van der Waals surface area contributed by atoms with Crippen molar-refractivity contribution in [3.8, 4) is 11.8 Å². The summed E-state index contributed by atoms with van der Waals surface area (Å²) in [5.41, 5.74) is 0.904. The lowest BCUT2D eigenvalue weighted by Crippen LogP contribution is -2.16. The second-order valence-electron chi connectivity index (χ2n) is 2.34. The summed E-state index contributed by atoms with van der Waals surface area (Å²) in [7, 11) is 1.48. The number of hydrogen-bond acceptors (Lipinski definition) is 3. The molecular weight excluding hydrogens is 166 g/mol. The molecule has 0 aromatic heterocycles. The van der Waals surface area contributed by atoms with Crippen molar-refractivity contribution in [3.63, 3.8) is 0 Å². The standard InChI is InChI=1S/C10H11NO2/c1-12-10(13-11)8-7-9-5-3-2-4-6-9/h2-6,10H,11H2,1H3. The highest BCUT2D eigenvalue weighted by molar-refractivity contribution is 5.33. The molecule has 3 nitrogen and oxygen atoms in total. The van der Waals surface area contributed by atoms with Crippen LogP contribution in [0, 0.1) is 11.8 Å². The third-order valence-corrected chi connectivity index (χ3v) is 1.45. The first-order chi connectivity index (χ1) is 6.36. The Hall–Kier alpha value is -1.34. The van der Waals surface area contributed by atoms with Gasteiger partial charge in [-0.1, -0.05) is 24.1 Å². The Morgan fingerprint density at radius 2 is 2.00 bits per heavy atom. The Bertz CT molecular complexity index is 296. The molecule has 0 aliphatic heterocycles. The van der Waals surface area contributed by atoms with Gasteiger partial charge in [-0.25, -0.2) is 5.90 Å². The Morgan fingerprint density at radius 1 is 1.31 bits per heavy atom. The zero-order chi connectivity index (χ0) is 9.52. The monoisotopic (exact) mass is 177 g/mol. The van der Waals surface area contributed by atoms with Crippen LogP contribution in [0.1, 0.15) is 5.56 Å². The molecule has 0 aliphatic carbocycles. The molecule has 0 aliphatic rings. The molecule has 1 aromatic carbocycles. The first-order valence-electron chi connectivity index (χ1n) is 3.81. The molecule has 0 saturated carbocycles. The van der Waals surface area contributed by atoms with Crippen LogP contribution in [0.15, 0.2) is 30.3 Å². The van der Waals surface area contributed by atoms with Crippen molar-refractivity contribution in [2.45, 2.75) is 6.29 Å². The van der Waals surface area contributed by atoms with Crippen molar-refractivity contribution in [2.24, 2.45) is 5.90 Å². The summed E-state index contributed by atoms with van der Waals surface area (Å²) in [6.07, 6.45) is -0.666. The van der Waals surface area contributed by atoms with Crippen LogP contribution < -0.4 is 5.90 Å². The zero-order valence-electron chi connectivity index (χ0n) is 7.36. The molecule has 1 atom stereocenters. The summed E-state index contributed by atoms with van der Waals surface area (Å²) in [6.45, 7) is 0. The van der Waals surface area contributed by atoms with Crippen molar-refractivity contribution in [3.05, 3.63) is 35.9 Å². The molecule has 0 radical (unpaired) electrons. The maximum Gasteiger partial charge on any atom is 0.240 e. The minimum Gasteiger partial charge on any atom is -0.344 e. The topological polar surface area (TPSA) is 44.5 Å². The lowest BCUT2D eigenvalue weighted by molar-refractivity contribution is -0.0860. The van der Waals surface area contributed by atoms with Gasteiger partial charge in [0.05, 0.1) is 0 Å². The van der Waals surface area contributed by atoms with Crippen LogP contribution in [0.5, 0.6) is 0 Å².